The fourth-order valence-corrected chi connectivity index (χ4v) is 4.68. The molecule has 0 atom stereocenters. The summed E-state index contributed by atoms with van der Waals surface area (Å²) in [5.74, 6) is 1.06. The van der Waals surface area contributed by atoms with Crippen LogP contribution in [0.3, 0.4) is 0 Å². The molecule has 1 aliphatic carbocycles. The van der Waals surface area contributed by atoms with E-state index in [9.17, 15) is 9.18 Å². The van der Waals surface area contributed by atoms with Crippen LogP contribution in [0.4, 0.5) is 10.2 Å². The van der Waals surface area contributed by atoms with Crippen molar-refractivity contribution in [3.8, 4) is 11.1 Å². The monoisotopic (exact) mass is 409 g/mol. The molecule has 4 rings (SSSR count). The van der Waals surface area contributed by atoms with Crippen LogP contribution < -0.4 is 4.90 Å². The molecule has 1 aliphatic heterocycles. The van der Waals surface area contributed by atoms with Crippen LogP contribution in [0.25, 0.3) is 11.1 Å². The molecule has 0 unspecified atom stereocenters. The van der Waals surface area contributed by atoms with E-state index in [1.54, 1.807) is 12.1 Å². The molecule has 0 spiro atoms. The van der Waals surface area contributed by atoms with Gasteiger partial charge in [-0.25, -0.2) is 9.37 Å². The molecule has 160 valence electrons. The van der Waals surface area contributed by atoms with Gasteiger partial charge in [0.05, 0.1) is 0 Å². The Morgan fingerprint density at radius 1 is 1.00 bits per heavy atom. The van der Waals surface area contributed by atoms with Crippen LogP contribution in [0.2, 0.25) is 0 Å². The van der Waals surface area contributed by atoms with E-state index in [-0.39, 0.29) is 11.7 Å². The fourth-order valence-electron chi connectivity index (χ4n) is 4.68. The first-order valence-electron chi connectivity index (χ1n) is 11.5. The summed E-state index contributed by atoms with van der Waals surface area (Å²) in [5, 5.41) is 0. The highest BCUT2D eigenvalue weighted by atomic mass is 19.1. The van der Waals surface area contributed by atoms with Crippen molar-refractivity contribution in [3.05, 3.63) is 47.4 Å². The van der Waals surface area contributed by atoms with Crippen LogP contribution in [0.5, 0.6) is 0 Å². The molecule has 1 aromatic heterocycles. The lowest BCUT2D eigenvalue weighted by Crippen LogP contribution is -2.35. The van der Waals surface area contributed by atoms with Gasteiger partial charge in [-0.2, -0.15) is 0 Å². The summed E-state index contributed by atoms with van der Waals surface area (Å²) in [4.78, 5) is 21.8. The largest absolute Gasteiger partial charge is 0.355 e. The lowest BCUT2D eigenvalue weighted by molar-refractivity contribution is -0.131. The molecular formula is C25H32FN3O. The van der Waals surface area contributed by atoms with E-state index in [1.807, 2.05) is 17.0 Å². The van der Waals surface area contributed by atoms with Crippen molar-refractivity contribution in [3.63, 3.8) is 0 Å². The Balaban J connectivity index is 1.65. The molecule has 1 saturated heterocycles. The number of hydrogen-bond donors (Lipinski definition) is 0. The highest BCUT2D eigenvalue weighted by molar-refractivity contribution is 5.76. The van der Waals surface area contributed by atoms with Crippen LogP contribution in [0.15, 0.2) is 30.3 Å². The molecule has 1 aromatic carbocycles. The first-order valence-corrected chi connectivity index (χ1v) is 11.5. The third-order valence-electron chi connectivity index (χ3n) is 6.33. The Labute approximate surface area is 179 Å². The quantitative estimate of drug-likeness (QED) is 0.667. The minimum atomic E-state index is -0.205. The zero-order valence-electron chi connectivity index (χ0n) is 18.0. The highest BCUT2D eigenvalue weighted by Crippen LogP contribution is 2.33. The van der Waals surface area contributed by atoms with Gasteiger partial charge in [-0.3, -0.25) is 4.79 Å². The van der Waals surface area contributed by atoms with Crippen LogP contribution >= 0.6 is 0 Å². The van der Waals surface area contributed by atoms with E-state index in [1.165, 1.54) is 36.1 Å². The summed E-state index contributed by atoms with van der Waals surface area (Å²) < 4.78 is 13.5. The SMILES string of the molecule is CCCC(=O)N1CCCN(c2cc(-c3ccc(F)cc3)c3c(n2)CCCCC3)CC1. The number of halogens is 1. The van der Waals surface area contributed by atoms with Gasteiger partial charge in [0.25, 0.3) is 0 Å². The molecule has 2 heterocycles. The Morgan fingerprint density at radius 2 is 1.80 bits per heavy atom. The number of aromatic nitrogens is 1. The Kier molecular flexibility index (Phi) is 6.66. The van der Waals surface area contributed by atoms with Crippen molar-refractivity contribution in [2.24, 2.45) is 0 Å². The smallest absolute Gasteiger partial charge is 0.222 e. The zero-order valence-corrected chi connectivity index (χ0v) is 18.0. The van der Waals surface area contributed by atoms with E-state index >= 15 is 0 Å². The standard InChI is InChI=1S/C25H32FN3O/c1-2-7-25(30)29-15-6-14-28(16-17-29)24-18-22(19-10-12-20(26)13-11-19)21-8-4-3-5-9-23(21)27-24/h10-13,18H,2-9,14-17H2,1H3. The van der Waals surface area contributed by atoms with Crippen LogP contribution in [-0.4, -0.2) is 42.0 Å². The van der Waals surface area contributed by atoms with Gasteiger partial charge in [-0.15, -0.1) is 0 Å². The number of carbonyl (C=O) groups excluding carboxylic acids is 1. The van der Waals surface area contributed by atoms with Gasteiger partial charge in [0, 0.05) is 38.3 Å². The lowest BCUT2D eigenvalue weighted by Gasteiger charge is -2.25. The van der Waals surface area contributed by atoms with E-state index in [2.05, 4.69) is 17.9 Å². The molecule has 0 saturated carbocycles. The number of benzene rings is 1. The second kappa shape index (κ2) is 9.59. The predicted octanol–water partition coefficient (Wildman–Crippen LogP) is 5.00. The van der Waals surface area contributed by atoms with Crippen molar-refractivity contribution >= 4 is 11.7 Å². The third kappa shape index (κ3) is 4.66. The Bertz CT molecular complexity index is 881. The summed E-state index contributed by atoms with van der Waals surface area (Å²) in [5.41, 5.74) is 4.79. The van der Waals surface area contributed by atoms with Crippen molar-refractivity contribution in [1.82, 2.24) is 9.88 Å². The van der Waals surface area contributed by atoms with E-state index in [4.69, 9.17) is 4.98 Å². The summed E-state index contributed by atoms with van der Waals surface area (Å²) in [7, 11) is 0. The molecule has 2 aromatic rings. The minimum absolute atomic E-state index is 0.205. The van der Waals surface area contributed by atoms with Gasteiger partial charge >= 0.3 is 0 Å². The molecule has 0 N–H and O–H groups in total. The first kappa shape index (κ1) is 20.8. The van der Waals surface area contributed by atoms with Crippen molar-refractivity contribution in [2.75, 3.05) is 31.1 Å². The van der Waals surface area contributed by atoms with Gasteiger partial charge in [0.15, 0.2) is 0 Å². The Hall–Kier alpha value is -2.43. The summed E-state index contributed by atoms with van der Waals surface area (Å²) in [6.45, 7) is 5.35. The number of carbonyl (C=O) groups is 1. The highest BCUT2D eigenvalue weighted by Gasteiger charge is 2.22. The van der Waals surface area contributed by atoms with Crippen LogP contribution in [0.1, 0.15) is 56.7 Å². The third-order valence-corrected chi connectivity index (χ3v) is 6.33. The molecule has 30 heavy (non-hydrogen) atoms. The number of anilines is 1. The average Bonchev–Trinajstić information content (AvgIpc) is 3.15. The van der Waals surface area contributed by atoms with Gasteiger partial charge < -0.3 is 9.80 Å². The molecule has 5 heteroatoms. The van der Waals surface area contributed by atoms with E-state index < -0.39 is 0 Å². The molecule has 1 amide bonds. The number of rotatable bonds is 4. The maximum Gasteiger partial charge on any atom is 0.222 e. The molecule has 0 radical (unpaired) electrons. The summed E-state index contributed by atoms with van der Waals surface area (Å²) in [6, 6.07) is 9.05. The lowest BCUT2D eigenvalue weighted by atomic mass is 9.95. The molecule has 4 nitrogen and oxygen atoms in total. The van der Waals surface area contributed by atoms with Crippen LogP contribution in [0, 0.1) is 5.82 Å². The summed E-state index contributed by atoms with van der Waals surface area (Å²) in [6.07, 6.45) is 8.11. The predicted molar refractivity (Wildman–Crippen MR) is 119 cm³/mol. The van der Waals surface area contributed by atoms with Crippen molar-refractivity contribution in [2.45, 2.75) is 58.3 Å². The average molecular weight is 410 g/mol. The molecule has 2 aliphatic rings. The molecular weight excluding hydrogens is 377 g/mol. The van der Waals surface area contributed by atoms with E-state index in [0.29, 0.717) is 6.42 Å². The van der Waals surface area contributed by atoms with Gasteiger partial charge in [-0.1, -0.05) is 25.5 Å². The topological polar surface area (TPSA) is 36.4 Å². The van der Waals surface area contributed by atoms with Gasteiger partial charge in [-0.05, 0) is 73.4 Å². The maximum atomic E-state index is 13.5. The second-order valence-corrected chi connectivity index (χ2v) is 8.49. The minimum Gasteiger partial charge on any atom is -0.355 e. The summed E-state index contributed by atoms with van der Waals surface area (Å²) >= 11 is 0. The normalized spacial score (nSPS) is 17.3. The number of hydrogen-bond acceptors (Lipinski definition) is 3. The van der Waals surface area contributed by atoms with Crippen molar-refractivity contribution in [1.29, 1.82) is 0 Å². The number of pyridine rings is 1. The fraction of sp³-hybridized carbons (Fsp3) is 0.520. The number of fused-ring (bicyclic) bond motifs is 1. The number of nitrogens with zero attached hydrogens (tertiary/aromatic N) is 3. The second-order valence-electron chi connectivity index (χ2n) is 8.49. The van der Waals surface area contributed by atoms with E-state index in [0.717, 1.165) is 63.2 Å². The zero-order chi connectivity index (χ0) is 20.9. The number of aryl methyl sites for hydroxylation is 1. The molecule has 1 fully saturated rings. The van der Waals surface area contributed by atoms with Gasteiger partial charge in [0.1, 0.15) is 11.6 Å². The maximum absolute atomic E-state index is 13.5. The number of amides is 1. The Morgan fingerprint density at radius 3 is 2.60 bits per heavy atom. The van der Waals surface area contributed by atoms with Crippen molar-refractivity contribution < 1.29 is 9.18 Å². The first-order chi connectivity index (χ1) is 14.7. The van der Waals surface area contributed by atoms with Gasteiger partial charge in [0.2, 0.25) is 5.91 Å². The van der Waals surface area contributed by atoms with Crippen LogP contribution in [-0.2, 0) is 17.6 Å². The molecule has 0 bridgehead atoms.